The molecule has 1 atom stereocenters. The van der Waals surface area contributed by atoms with Crippen LogP contribution in [0.3, 0.4) is 0 Å². The lowest BCUT2D eigenvalue weighted by atomic mass is 10.2. The molecule has 1 rings (SSSR count). The summed E-state index contributed by atoms with van der Waals surface area (Å²) in [6.07, 6.45) is 0. The third kappa shape index (κ3) is 5.73. The topological polar surface area (TPSA) is 70.2 Å². The number of rotatable bonds is 5. The van der Waals surface area contributed by atoms with E-state index in [1.54, 1.807) is 6.92 Å². The molecule has 0 aliphatic rings. The molecule has 1 aromatic rings. The standard InChI is InChI=1S/C15H23N3O2/c1-10(2)9-16-15(20)18-14(19)12(4)17-13-7-5-11(3)6-8-13/h5-8,10,12,17H,9H2,1-4H3,(H2,16,18,19,20)/t12-/m0/s1. The molecule has 0 spiro atoms. The molecular formula is C15H23N3O2. The molecule has 110 valence electrons. The number of nitrogens with one attached hydrogen (secondary N) is 3. The number of aryl methyl sites for hydroxylation is 1. The molecule has 5 nitrogen and oxygen atoms in total. The summed E-state index contributed by atoms with van der Waals surface area (Å²) in [5, 5.41) is 8.00. The van der Waals surface area contributed by atoms with Gasteiger partial charge in [0.05, 0.1) is 0 Å². The van der Waals surface area contributed by atoms with Crippen LogP contribution in [-0.4, -0.2) is 24.5 Å². The van der Waals surface area contributed by atoms with Gasteiger partial charge in [-0.2, -0.15) is 0 Å². The molecular weight excluding hydrogens is 254 g/mol. The number of hydrogen-bond donors (Lipinski definition) is 3. The summed E-state index contributed by atoms with van der Waals surface area (Å²) >= 11 is 0. The van der Waals surface area contributed by atoms with Gasteiger partial charge >= 0.3 is 6.03 Å². The summed E-state index contributed by atoms with van der Waals surface area (Å²) in [4.78, 5) is 23.3. The molecule has 0 radical (unpaired) electrons. The number of benzene rings is 1. The van der Waals surface area contributed by atoms with Crippen molar-refractivity contribution in [1.29, 1.82) is 0 Å². The van der Waals surface area contributed by atoms with E-state index in [1.807, 2.05) is 45.0 Å². The first kappa shape index (κ1) is 16.0. The molecule has 3 N–H and O–H groups in total. The number of hydrogen-bond acceptors (Lipinski definition) is 3. The Hall–Kier alpha value is -2.04. The molecule has 3 amide bonds. The number of carbonyl (C=O) groups is 2. The summed E-state index contributed by atoms with van der Waals surface area (Å²) in [5.74, 6) is -0.00853. The summed E-state index contributed by atoms with van der Waals surface area (Å²) in [6, 6.07) is 6.78. The molecule has 0 aliphatic heterocycles. The lowest BCUT2D eigenvalue weighted by Crippen LogP contribution is -2.46. The van der Waals surface area contributed by atoms with Gasteiger partial charge < -0.3 is 10.6 Å². The van der Waals surface area contributed by atoms with Gasteiger partial charge in [0, 0.05) is 12.2 Å². The number of imide groups is 1. The first-order valence-electron chi connectivity index (χ1n) is 6.80. The minimum atomic E-state index is -0.484. The smallest absolute Gasteiger partial charge is 0.321 e. The van der Waals surface area contributed by atoms with Gasteiger partial charge in [-0.3, -0.25) is 10.1 Å². The summed E-state index contributed by atoms with van der Waals surface area (Å²) < 4.78 is 0. The molecule has 0 unspecified atom stereocenters. The predicted molar refractivity (Wildman–Crippen MR) is 80.6 cm³/mol. The Morgan fingerprint density at radius 1 is 1.10 bits per heavy atom. The van der Waals surface area contributed by atoms with Crippen LogP contribution in [0, 0.1) is 12.8 Å². The first-order chi connectivity index (χ1) is 9.38. The van der Waals surface area contributed by atoms with E-state index < -0.39 is 12.1 Å². The third-order valence-corrected chi connectivity index (χ3v) is 2.74. The zero-order chi connectivity index (χ0) is 15.1. The summed E-state index contributed by atoms with van der Waals surface area (Å²) in [6.45, 7) is 8.23. The van der Waals surface area contributed by atoms with E-state index in [9.17, 15) is 9.59 Å². The Bertz CT molecular complexity index is 455. The van der Waals surface area contributed by atoms with Gasteiger partial charge in [0.1, 0.15) is 6.04 Å². The highest BCUT2D eigenvalue weighted by atomic mass is 16.2. The number of carbonyl (C=O) groups excluding carboxylic acids is 2. The highest BCUT2D eigenvalue weighted by molar-refractivity contribution is 5.97. The Morgan fingerprint density at radius 3 is 2.25 bits per heavy atom. The van der Waals surface area contributed by atoms with Crippen molar-refractivity contribution in [3.63, 3.8) is 0 Å². The van der Waals surface area contributed by atoms with Crippen LogP contribution in [0.15, 0.2) is 24.3 Å². The molecule has 0 aliphatic carbocycles. The van der Waals surface area contributed by atoms with Gasteiger partial charge in [0.15, 0.2) is 0 Å². The molecule has 0 aromatic heterocycles. The van der Waals surface area contributed by atoms with E-state index in [1.165, 1.54) is 0 Å². The summed E-state index contributed by atoms with van der Waals surface area (Å²) in [7, 11) is 0. The lowest BCUT2D eigenvalue weighted by Gasteiger charge is -2.15. The molecule has 0 fully saturated rings. The van der Waals surface area contributed by atoms with Crippen molar-refractivity contribution in [3.05, 3.63) is 29.8 Å². The van der Waals surface area contributed by atoms with Gasteiger partial charge in [-0.15, -0.1) is 0 Å². The minimum absolute atomic E-state index is 0.346. The van der Waals surface area contributed by atoms with Crippen LogP contribution in [0.5, 0.6) is 0 Å². The number of amides is 3. The minimum Gasteiger partial charge on any atom is -0.374 e. The second-order valence-electron chi connectivity index (χ2n) is 5.33. The molecule has 5 heteroatoms. The van der Waals surface area contributed by atoms with Gasteiger partial charge in [0.2, 0.25) is 5.91 Å². The largest absolute Gasteiger partial charge is 0.374 e. The molecule has 0 saturated carbocycles. The van der Waals surface area contributed by atoms with Crippen molar-refractivity contribution >= 4 is 17.6 Å². The van der Waals surface area contributed by atoms with E-state index in [4.69, 9.17) is 0 Å². The maximum Gasteiger partial charge on any atom is 0.321 e. The van der Waals surface area contributed by atoms with E-state index in [-0.39, 0.29) is 5.91 Å². The molecule has 0 bridgehead atoms. The van der Waals surface area contributed by atoms with Crippen molar-refractivity contribution < 1.29 is 9.59 Å². The van der Waals surface area contributed by atoms with Crippen molar-refractivity contribution in [1.82, 2.24) is 10.6 Å². The normalized spacial score (nSPS) is 11.8. The van der Waals surface area contributed by atoms with Crippen molar-refractivity contribution in [2.45, 2.75) is 33.7 Å². The summed E-state index contributed by atoms with van der Waals surface area (Å²) in [5.41, 5.74) is 2.00. The van der Waals surface area contributed by atoms with Crippen LogP contribution in [0.1, 0.15) is 26.3 Å². The fourth-order valence-corrected chi connectivity index (χ4v) is 1.53. The third-order valence-electron chi connectivity index (χ3n) is 2.74. The van der Waals surface area contributed by atoms with Crippen LogP contribution < -0.4 is 16.0 Å². The van der Waals surface area contributed by atoms with Crippen LogP contribution in [0.25, 0.3) is 0 Å². The monoisotopic (exact) mass is 277 g/mol. The Labute approximate surface area is 120 Å². The van der Waals surface area contributed by atoms with Crippen molar-refractivity contribution in [2.24, 2.45) is 5.92 Å². The zero-order valence-corrected chi connectivity index (χ0v) is 12.5. The fraction of sp³-hybridized carbons (Fsp3) is 0.467. The van der Waals surface area contributed by atoms with Gasteiger partial charge in [-0.25, -0.2) is 4.79 Å². The van der Waals surface area contributed by atoms with Crippen molar-refractivity contribution in [2.75, 3.05) is 11.9 Å². The average Bonchev–Trinajstić information content (AvgIpc) is 2.39. The maximum absolute atomic E-state index is 11.8. The van der Waals surface area contributed by atoms with Crippen LogP contribution >= 0.6 is 0 Å². The van der Waals surface area contributed by atoms with Gasteiger partial charge in [-0.05, 0) is 31.9 Å². The van der Waals surface area contributed by atoms with Crippen LogP contribution in [-0.2, 0) is 4.79 Å². The van der Waals surface area contributed by atoms with Crippen LogP contribution in [0.4, 0.5) is 10.5 Å². The van der Waals surface area contributed by atoms with E-state index in [0.717, 1.165) is 11.3 Å². The zero-order valence-electron chi connectivity index (χ0n) is 12.5. The fourth-order valence-electron chi connectivity index (χ4n) is 1.53. The second kappa shape index (κ2) is 7.53. The van der Waals surface area contributed by atoms with Crippen molar-refractivity contribution in [3.8, 4) is 0 Å². The van der Waals surface area contributed by atoms with E-state index >= 15 is 0 Å². The Morgan fingerprint density at radius 2 is 1.70 bits per heavy atom. The van der Waals surface area contributed by atoms with Crippen LogP contribution in [0.2, 0.25) is 0 Å². The number of urea groups is 1. The lowest BCUT2D eigenvalue weighted by molar-refractivity contribution is -0.120. The highest BCUT2D eigenvalue weighted by Crippen LogP contribution is 2.09. The van der Waals surface area contributed by atoms with Gasteiger partial charge in [0.25, 0.3) is 0 Å². The number of anilines is 1. The maximum atomic E-state index is 11.8. The first-order valence-corrected chi connectivity index (χ1v) is 6.80. The van der Waals surface area contributed by atoms with E-state index in [0.29, 0.717) is 12.5 Å². The Balaban J connectivity index is 2.42. The molecule has 0 heterocycles. The molecule has 20 heavy (non-hydrogen) atoms. The molecule has 1 aromatic carbocycles. The molecule has 0 saturated heterocycles. The average molecular weight is 277 g/mol. The second-order valence-corrected chi connectivity index (χ2v) is 5.33. The van der Waals surface area contributed by atoms with Gasteiger partial charge in [-0.1, -0.05) is 31.5 Å². The van der Waals surface area contributed by atoms with E-state index in [2.05, 4.69) is 16.0 Å². The highest BCUT2D eigenvalue weighted by Gasteiger charge is 2.15. The quantitative estimate of drug-likeness (QED) is 0.773. The predicted octanol–water partition coefficient (Wildman–Crippen LogP) is 2.28. The Kier molecular flexibility index (Phi) is 6.03. The SMILES string of the molecule is Cc1ccc(N[C@@H](C)C(=O)NC(=O)NCC(C)C)cc1.